The summed E-state index contributed by atoms with van der Waals surface area (Å²) in [5.74, 6) is 1.02. The zero-order chi connectivity index (χ0) is 15.4. The van der Waals surface area contributed by atoms with Gasteiger partial charge in [-0.3, -0.25) is 0 Å². The minimum Gasteiger partial charge on any atom is -0.497 e. The maximum Gasteiger partial charge on any atom is 0.118 e. The summed E-state index contributed by atoms with van der Waals surface area (Å²) in [6.45, 7) is 1.91. The van der Waals surface area contributed by atoms with E-state index in [0.717, 1.165) is 42.8 Å². The van der Waals surface area contributed by atoms with Crippen LogP contribution < -0.4 is 10.1 Å². The number of piperidine rings is 1. The van der Waals surface area contributed by atoms with Crippen molar-refractivity contribution >= 4 is 0 Å². The zero-order valence-corrected chi connectivity index (χ0v) is 13.0. The molecule has 0 bridgehead atoms. The van der Waals surface area contributed by atoms with Gasteiger partial charge in [0.25, 0.3) is 0 Å². The second-order valence-electron chi connectivity index (χ2n) is 5.89. The summed E-state index contributed by atoms with van der Waals surface area (Å²) in [7, 11) is 1.66. The minimum absolute atomic E-state index is 0.213. The molecule has 0 aliphatic carbocycles. The summed E-state index contributed by atoms with van der Waals surface area (Å²) >= 11 is 0. The van der Waals surface area contributed by atoms with Crippen LogP contribution in [0.15, 0.2) is 54.6 Å². The number of hydrogen-bond acceptors (Lipinski definition) is 3. The molecule has 1 fully saturated rings. The standard InChI is InChI=1S/C19H23NO2/c1-22-18-9-7-16(8-10-18)19(21,15-5-3-2-4-6-15)17-11-13-20-14-12-17/h2-10,17,20-21H,11-14H2,1H3. The van der Waals surface area contributed by atoms with Crippen molar-refractivity contribution in [1.82, 2.24) is 5.32 Å². The van der Waals surface area contributed by atoms with Crippen LogP contribution >= 0.6 is 0 Å². The fraction of sp³-hybridized carbons (Fsp3) is 0.368. The van der Waals surface area contributed by atoms with E-state index in [1.54, 1.807) is 7.11 Å². The fourth-order valence-electron chi connectivity index (χ4n) is 3.42. The molecule has 3 heteroatoms. The van der Waals surface area contributed by atoms with E-state index in [9.17, 15) is 5.11 Å². The molecule has 0 aromatic heterocycles. The molecule has 116 valence electrons. The van der Waals surface area contributed by atoms with Crippen LogP contribution in [-0.2, 0) is 5.60 Å². The highest BCUT2D eigenvalue weighted by Crippen LogP contribution is 2.41. The number of methoxy groups -OCH3 is 1. The Kier molecular flexibility index (Phi) is 4.46. The van der Waals surface area contributed by atoms with E-state index in [1.165, 1.54) is 0 Å². The number of aliphatic hydroxyl groups is 1. The summed E-state index contributed by atoms with van der Waals surface area (Å²) in [5.41, 5.74) is 0.953. The Hall–Kier alpha value is -1.84. The van der Waals surface area contributed by atoms with E-state index in [1.807, 2.05) is 54.6 Å². The van der Waals surface area contributed by atoms with Crippen molar-refractivity contribution in [3.8, 4) is 5.75 Å². The first-order valence-electron chi connectivity index (χ1n) is 7.88. The van der Waals surface area contributed by atoms with Crippen molar-refractivity contribution in [2.24, 2.45) is 5.92 Å². The van der Waals surface area contributed by atoms with Gasteiger partial charge in [0, 0.05) is 0 Å². The Labute approximate surface area is 131 Å². The largest absolute Gasteiger partial charge is 0.497 e. The third-order valence-electron chi connectivity index (χ3n) is 4.67. The van der Waals surface area contributed by atoms with Gasteiger partial charge in [0.2, 0.25) is 0 Å². The lowest BCUT2D eigenvalue weighted by Crippen LogP contribution is -2.42. The molecular weight excluding hydrogens is 274 g/mol. The van der Waals surface area contributed by atoms with Crippen molar-refractivity contribution in [2.45, 2.75) is 18.4 Å². The average molecular weight is 297 g/mol. The smallest absolute Gasteiger partial charge is 0.118 e. The molecule has 3 rings (SSSR count). The lowest BCUT2D eigenvalue weighted by atomic mass is 9.72. The van der Waals surface area contributed by atoms with E-state index in [0.29, 0.717) is 0 Å². The van der Waals surface area contributed by atoms with Crippen molar-refractivity contribution in [1.29, 1.82) is 0 Å². The number of rotatable bonds is 4. The SMILES string of the molecule is COc1ccc(C(O)(c2ccccc2)C2CCNCC2)cc1. The summed E-state index contributed by atoms with van der Waals surface area (Å²) in [6, 6.07) is 17.8. The number of nitrogens with one attached hydrogen (secondary N) is 1. The molecule has 22 heavy (non-hydrogen) atoms. The molecule has 1 aliphatic heterocycles. The van der Waals surface area contributed by atoms with Gasteiger partial charge in [-0.25, -0.2) is 0 Å². The minimum atomic E-state index is -0.949. The highest BCUT2D eigenvalue weighted by Gasteiger charge is 2.40. The Balaban J connectivity index is 2.05. The van der Waals surface area contributed by atoms with E-state index < -0.39 is 5.60 Å². The van der Waals surface area contributed by atoms with Crippen LogP contribution in [-0.4, -0.2) is 25.3 Å². The van der Waals surface area contributed by atoms with Crippen LogP contribution in [0.2, 0.25) is 0 Å². The van der Waals surface area contributed by atoms with Crippen molar-refractivity contribution < 1.29 is 9.84 Å². The van der Waals surface area contributed by atoms with Gasteiger partial charge in [-0.15, -0.1) is 0 Å². The van der Waals surface area contributed by atoms with Gasteiger partial charge in [0.15, 0.2) is 0 Å². The molecule has 2 aromatic carbocycles. The first kappa shape index (κ1) is 15.1. The van der Waals surface area contributed by atoms with Gasteiger partial charge in [-0.2, -0.15) is 0 Å². The van der Waals surface area contributed by atoms with Gasteiger partial charge in [-0.05, 0) is 55.1 Å². The summed E-state index contributed by atoms with van der Waals surface area (Å²) in [6.07, 6.45) is 1.94. The molecule has 1 unspecified atom stereocenters. The Morgan fingerprint density at radius 3 is 2.14 bits per heavy atom. The predicted octanol–water partition coefficient (Wildman–Crippen LogP) is 2.93. The molecule has 0 saturated carbocycles. The lowest BCUT2D eigenvalue weighted by molar-refractivity contribution is 0.00233. The van der Waals surface area contributed by atoms with Crippen molar-refractivity contribution in [2.75, 3.05) is 20.2 Å². The highest BCUT2D eigenvalue weighted by atomic mass is 16.5. The van der Waals surface area contributed by atoms with E-state index in [2.05, 4.69) is 5.32 Å². The maximum absolute atomic E-state index is 11.7. The molecule has 0 radical (unpaired) electrons. The van der Waals surface area contributed by atoms with Gasteiger partial charge in [-0.1, -0.05) is 42.5 Å². The first-order valence-corrected chi connectivity index (χ1v) is 7.88. The highest BCUT2D eigenvalue weighted by molar-refractivity contribution is 5.39. The second kappa shape index (κ2) is 6.51. The molecule has 1 saturated heterocycles. The van der Waals surface area contributed by atoms with E-state index in [-0.39, 0.29) is 5.92 Å². The number of ether oxygens (including phenoxy) is 1. The van der Waals surface area contributed by atoms with Crippen LogP contribution in [0.5, 0.6) is 5.75 Å². The van der Waals surface area contributed by atoms with Gasteiger partial charge in [0.05, 0.1) is 7.11 Å². The molecule has 2 N–H and O–H groups in total. The Bertz CT molecular complexity index is 591. The van der Waals surface area contributed by atoms with Crippen LogP contribution in [0.1, 0.15) is 24.0 Å². The first-order chi connectivity index (χ1) is 10.7. The average Bonchev–Trinajstić information content (AvgIpc) is 2.62. The van der Waals surface area contributed by atoms with Crippen LogP contribution in [0, 0.1) is 5.92 Å². The third kappa shape index (κ3) is 2.74. The molecule has 3 nitrogen and oxygen atoms in total. The van der Waals surface area contributed by atoms with Gasteiger partial charge >= 0.3 is 0 Å². The number of benzene rings is 2. The van der Waals surface area contributed by atoms with Crippen molar-refractivity contribution in [3.63, 3.8) is 0 Å². The quantitative estimate of drug-likeness (QED) is 0.911. The maximum atomic E-state index is 11.7. The zero-order valence-electron chi connectivity index (χ0n) is 13.0. The molecule has 0 amide bonds. The van der Waals surface area contributed by atoms with Gasteiger partial charge in [0.1, 0.15) is 11.4 Å². The monoisotopic (exact) mass is 297 g/mol. The lowest BCUT2D eigenvalue weighted by Gasteiger charge is -2.39. The molecule has 1 aliphatic rings. The van der Waals surface area contributed by atoms with Crippen LogP contribution in [0.25, 0.3) is 0 Å². The Morgan fingerprint density at radius 1 is 0.955 bits per heavy atom. The molecule has 1 atom stereocenters. The van der Waals surface area contributed by atoms with Gasteiger partial charge < -0.3 is 15.2 Å². The molecule has 0 spiro atoms. The van der Waals surface area contributed by atoms with Crippen molar-refractivity contribution in [3.05, 3.63) is 65.7 Å². The predicted molar refractivity (Wildman–Crippen MR) is 88.0 cm³/mol. The van der Waals surface area contributed by atoms with E-state index in [4.69, 9.17) is 4.74 Å². The molecular formula is C19H23NO2. The molecule has 1 heterocycles. The van der Waals surface area contributed by atoms with Crippen LogP contribution in [0.3, 0.4) is 0 Å². The normalized spacial score (nSPS) is 18.6. The topological polar surface area (TPSA) is 41.5 Å². The second-order valence-corrected chi connectivity index (χ2v) is 5.89. The number of hydrogen-bond donors (Lipinski definition) is 2. The summed E-state index contributed by atoms with van der Waals surface area (Å²) in [4.78, 5) is 0. The van der Waals surface area contributed by atoms with E-state index >= 15 is 0 Å². The van der Waals surface area contributed by atoms with Crippen LogP contribution in [0.4, 0.5) is 0 Å². The summed E-state index contributed by atoms with van der Waals surface area (Å²) in [5, 5.41) is 15.1. The summed E-state index contributed by atoms with van der Waals surface area (Å²) < 4.78 is 5.24. The Morgan fingerprint density at radius 2 is 1.55 bits per heavy atom. The fourth-order valence-corrected chi connectivity index (χ4v) is 3.42. The third-order valence-corrected chi connectivity index (χ3v) is 4.67. The molecule has 2 aromatic rings.